The SMILES string of the molecule is CN/N=C(/SF)c1cn(N(C)C(=O)OC(C)(C)C)c(C(N)=O)c(OC)c1=O. The molecule has 0 bridgehead atoms. The Hall–Kier alpha value is -2.76. The number of pyridine rings is 1. The summed E-state index contributed by atoms with van der Waals surface area (Å²) in [7, 11) is 3.84. The number of carbonyl (C=O) groups is 2. The lowest BCUT2D eigenvalue weighted by atomic mass is 10.2. The highest BCUT2D eigenvalue weighted by Crippen LogP contribution is 2.20. The van der Waals surface area contributed by atoms with Crippen molar-refractivity contribution in [3.63, 3.8) is 0 Å². The average Bonchev–Trinajstić information content (AvgIpc) is 2.57. The lowest BCUT2D eigenvalue weighted by molar-refractivity contribution is 0.0549. The number of halogens is 1. The Balaban J connectivity index is 3.75. The van der Waals surface area contributed by atoms with Crippen molar-refractivity contribution in [2.24, 2.45) is 10.8 Å². The van der Waals surface area contributed by atoms with E-state index in [0.29, 0.717) is 0 Å². The number of methoxy groups -OCH3 is 1. The van der Waals surface area contributed by atoms with E-state index in [0.717, 1.165) is 23.0 Å². The molecule has 2 amide bonds. The van der Waals surface area contributed by atoms with Crippen LogP contribution in [0.4, 0.5) is 8.68 Å². The van der Waals surface area contributed by atoms with E-state index < -0.39 is 34.5 Å². The van der Waals surface area contributed by atoms with E-state index in [2.05, 4.69) is 10.5 Å². The number of nitrogens with one attached hydrogen (secondary N) is 1. The van der Waals surface area contributed by atoms with Crippen molar-refractivity contribution in [1.82, 2.24) is 10.1 Å². The lowest BCUT2D eigenvalue weighted by Crippen LogP contribution is -2.44. The zero-order valence-corrected chi connectivity index (χ0v) is 16.6. The van der Waals surface area contributed by atoms with Gasteiger partial charge in [0.1, 0.15) is 17.7 Å². The first-order valence-electron chi connectivity index (χ1n) is 7.62. The fraction of sp³-hybridized carbons (Fsp3) is 0.467. The molecule has 0 radical (unpaired) electrons. The normalized spacial score (nSPS) is 11.7. The smallest absolute Gasteiger partial charge is 0.429 e. The van der Waals surface area contributed by atoms with E-state index in [-0.39, 0.29) is 22.8 Å². The number of hydrogen-bond donors (Lipinski definition) is 2. The van der Waals surface area contributed by atoms with Crippen LogP contribution < -0.4 is 26.3 Å². The maximum atomic E-state index is 13.3. The van der Waals surface area contributed by atoms with Gasteiger partial charge in [0.15, 0.2) is 16.5 Å². The number of carbonyl (C=O) groups excluding carboxylic acids is 2. The molecular formula is C15H22FN5O5S. The second-order valence-electron chi connectivity index (χ2n) is 6.18. The highest BCUT2D eigenvalue weighted by molar-refractivity contribution is 8.10. The molecule has 0 spiro atoms. The Bertz CT molecular complexity index is 818. The van der Waals surface area contributed by atoms with E-state index in [1.165, 1.54) is 14.1 Å². The van der Waals surface area contributed by atoms with E-state index >= 15 is 0 Å². The molecule has 0 saturated heterocycles. The number of nitrogens with zero attached hydrogens (tertiary/aromatic N) is 3. The predicted octanol–water partition coefficient (Wildman–Crippen LogP) is 0.957. The molecule has 1 aromatic rings. The molecule has 0 unspecified atom stereocenters. The minimum atomic E-state index is -1.04. The molecule has 0 aliphatic heterocycles. The molecule has 12 heteroatoms. The molecule has 0 aliphatic rings. The third-order valence-corrected chi connectivity index (χ3v) is 3.54. The molecule has 150 valence electrons. The third kappa shape index (κ3) is 5.12. The standard InChI is InChI=1S/C15H22FN5O5S/c1-15(2,3)26-14(24)20(5)21-7-8(13(27-16)19-18-4)10(22)11(25-6)9(21)12(17)23/h7,18H,1-6H3,(H2,17,23)/b19-13+. The van der Waals surface area contributed by atoms with Gasteiger partial charge in [-0.3, -0.25) is 9.59 Å². The monoisotopic (exact) mass is 403 g/mol. The third-order valence-electron chi connectivity index (χ3n) is 3.08. The first-order chi connectivity index (χ1) is 12.5. The van der Waals surface area contributed by atoms with Gasteiger partial charge in [0.25, 0.3) is 5.91 Å². The maximum absolute atomic E-state index is 13.3. The molecule has 0 aromatic carbocycles. The largest absolute Gasteiger partial charge is 0.491 e. The summed E-state index contributed by atoms with van der Waals surface area (Å²) in [5, 5.41) is 4.23. The van der Waals surface area contributed by atoms with Gasteiger partial charge in [-0.1, -0.05) is 0 Å². The summed E-state index contributed by atoms with van der Waals surface area (Å²) < 4.78 is 24.5. The van der Waals surface area contributed by atoms with Gasteiger partial charge in [-0.05, 0) is 20.8 Å². The number of primary amides is 1. The molecule has 0 aliphatic carbocycles. The summed E-state index contributed by atoms with van der Waals surface area (Å²) in [6.07, 6.45) is 0.208. The van der Waals surface area contributed by atoms with Gasteiger partial charge in [-0.25, -0.2) is 14.5 Å². The van der Waals surface area contributed by atoms with Crippen LogP contribution in [0.15, 0.2) is 16.1 Å². The number of aromatic nitrogens is 1. The van der Waals surface area contributed by atoms with Crippen molar-refractivity contribution in [2.75, 3.05) is 26.2 Å². The van der Waals surface area contributed by atoms with Crippen molar-refractivity contribution in [1.29, 1.82) is 0 Å². The number of hydrogen-bond acceptors (Lipinski definition) is 8. The number of ether oxygens (including phenoxy) is 2. The molecule has 1 rings (SSSR count). The first kappa shape index (κ1) is 22.3. The number of nitrogens with two attached hydrogens (primary N) is 1. The number of hydrazone groups is 1. The molecule has 0 fully saturated rings. The van der Waals surface area contributed by atoms with Gasteiger partial charge in [-0.15, -0.1) is 0 Å². The topological polar surface area (TPSA) is 128 Å². The van der Waals surface area contributed by atoms with Crippen LogP contribution in [0.5, 0.6) is 5.75 Å². The maximum Gasteiger partial charge on any atom is 0.429 e. The summed E-state index contributed by atoms with van der Waals surface area (Å²) in [6, 6.07) is 0. The highest BCUT2D eigenvalue weighted by atomic mass is 32.2. The zero-order chi connectivity index (χ0) is 20.9. The van der Waals surface area contributed by atoms with Crippen LogP contribution in [0.1, 0.15) is 36.8 Å². The van der Waals surface area contributed by atoms with Crippen LogP contribution in [0.2, 0.25) is 0 Å². The van der Waals surface area contributed by atoms with Gasteiger partial charge < -0.3 is 20.6 Å². The van der Waals surface area contributed by atoms with E-state index in [4.69, 9.17) is 15.2 Å². The molecule has 1 aromatic heterocycles. The van der Waals surface area contributed by atoms with Crippen molar-refractivity contribution < 1.29 is 22.9 Å². The highest BCUT2D eigenvalue weighted by Gasteiger charge is 2.28. The minimum absolute atomic E-state index is 0.255. The summed E-state index contributed by atoms with van der Waals surface area (Å²) in [5.41, 5.74) is 5.42. The Morgan fingerprint density at radius 1 is 1.41 bits per heavy atom. The summed E-state index contributed by atoms with van der Waals surface area (Å²) >= 11 is -0.298. The summed E-state index contributed by atoms with van der Waals surface area (Å²) in [5.74, 6) is -1.50. The average molecular weight is 403 g/mol. The fourth-order valence-corrected chi connectivity index (χ4v) is 2.37. The Kier molecular flexibility index (Phi) is 7.22. The van der Waals surface area contributed by atoms with Crippen molar-refractivity contribution in [3.8, 4) is 5.75 Å². The molecule has 0 atom stereocenters. The molecular weight excluding hydrogens is 381 g/mol. The second kappa shape index (κ2) is 8.75. The Morgan fingerprint density at radius 2 is 2.00 bits per heavy atom. The minimum Gasteiger partial charge on any atom is -0.491 e. The predicted molar refractivity (Wildman–Crippen MR) is 100 cm³/mol. The Labute approximate surface area is 159 Å². The van der Waals surface area contributed by atoms with E-state index in [9.17, 15) is 18.3 Å². The lowest BCUT2D eigenvalue weighted by Gasteiger charge is -2.28. The van der Waals surface area contributed by atoms with Gasteiger partial charge in [0.2, 0.25) is 5.43 Å². The Morgan fingerprint density at radius 3 is 2.41 bits per heavy atom. The van der Waals surface area contributed by atoms with Crippen LogP contribution >= 0.6 is 12.1 Å². The van der Waals surface area contributed by atoms with E-state index in [1.807, 2.05) is 0 Å². The van der Waals surface area contributed by atoms with Crippen molar-refractivity contribution in [3.05, 3.63) is 27.7 Å². The van der Waals surface area contributed by atoms with Crippen LogP contribution in [-0.2, 0) is 4.74 Å². The summed E-state index contributed by atoms with van der Waals surface area (Å²) in [4.78, 5) is 36.9. The van der Waals surface area contributed by atoms with Crippen molar-refractivity contribution >= 4 is 29.2 Å². The zero-order valence-electron chi connectivity index (χ0n) is 15.8. The second-order valence-corrected chi connectivity index (χ2v) is 6.73. The van der Waals surface area contributed by atoms with E-state index in [1.54, 1.807) is 20.8 Å². The van der Waals surface area contributed by atoms with Crippen LogP contribution in [0.25, 0.3) is 0 Å². The summed E-state index contributed by atoms with van der Waals surface area (Å²) in [6.45, 7) is 4.97. The molecule has 10 nitrogen and oxygen atoms in total. The van der Waals surface area contributed by atoms with Gasteiger partial charge in [0, 0.05) is 20.3 Å². The van der Waals surface area contributed by atoms with Gasteiger partial charge in [-0.2, -0.15) is 8.99 Å². The van der Waals surface area contributed by atoms with Crippen LogP contribution in [-0.4, -0.2) is 48.5 Å². The van der Waals surface area contributed by atoms with Crippen LogP contribution in [0, 0.1) is 0 Å². The molecule has 1 heterocycles. The van der Waals surface area contributed by atoms with Gasteiger partial charge >= 0.3 is 6.09 Å². The number of rotatable bonds is 5. The fourth-order valence-electron chi connectivity index (χ4n) is 2.02. The van der Waals surface area contributed by atoms with Crippen molar-refractivity contribution in [2.45, 2.75) is 26.4 Å². The number of amides is 2. The molecule has 3 N–H and O–H groups in total. The molecule has 27 heavy (non-hydrogen) atoms. The molecule has 0 saturated carbocycles. The first-order valence-corrected chi connectivity index (χ1v) is 8.34. The van der Waals surface area contributed by atoms with Crippen LogP contribution in [0.3, 0.4) is 0 Å². The van der Waals surface area contributed by atoms with Gasteiger partial charge in [0.05, 0.1) is 12.7 Å². The quantitative estimate of drug-likeness (QED) is 0.426.